The number of ether oxygens (including phenoxy) is 1. The molecule has 0 aliphatic carbocycles. The molecule has 8 heteroatoms. The van der Waals surface area contributed by atoms with Gasteiger partial charge in [-0.1, -0.05) is 0 Å². The number of hydrogen-bond acceptors (Lipinski definition) is 6. The highest BCUT2D eigenvalue weighted by molar-refractivity contribution is 5.89. The van der Waals surface area contributed by atoms with Crippen molar-refractivity contribution in [2.45, 2.75) is 12.2 Å². The van der Waals surface area contributed by atoms with Gasteiger partial charge in [-0.05, 0) is 6.07 Å². The van der Waals surface area contributed by atoms with E-state index in [-0.39, 0.29) is 6.10 Å². The van der Waals surface area contributed by atoms with Gasteiger partial charge in [0.2, 0.25) is 0 Å². The summed E-state index contributed by atoms with van der Waals surface area (Å²) in [6, 6.07) is 1.95. The molecule has 3 aromatic rings. The third-order valence-corrected chi connectivity index (χ3v) is 4.16. The molecule has 3 aromatic heterocycles. The van der Waals surface area contributed by atoms with Gasteiger partial charge < -0.3 is 14.7 Å². The standard InChI is InChI=1S/C15H18N6O2/c1-19-7-10(5-17-19)23-14-9-21(8-13(14)22)12-3-4-16-15-11(12)6-18-20(15)2/h3-7,13-14,22H,8-9H2,1-2H3/t13-,14-/m1/s1. The van der Waals surface area contributed by atoms with E-state index in [1.54, 1.807) is 34.2 Å². The molecule has 1 fully saturated rings. The molecule has 0 amide bonds. The van der Waals surface area contributed by atoms with Crippen LogP contribution in [0, 0.1) is 0 Å². The molecule has 0 bridgehead atoms. The molecule has 23 heavy (non-hydrogen) atoms. The minimum absolute atomic E-state index is 0.293. The van der Waals surface area contributed by atoms with Crippen LogP contribution < -0.4 is 9.64 Å². The lowest BCUT2D eigenvalue weighted by atomic mass is 10.2. The van der Waals surface area contributed by atoms with Crippen LogP contribution in [0.5, 0.6) is 5.75 Å². The summed E-state index contributed by atoms with van der Waals surface area (Å²) in [5.41, 5.74) is 1.84. The van der Waals surface area contributed by atoms with Gasteiger partial charge in [0, 0.05) is 26.8 Å². The maximum atomic E-state index is 10.3. The van der Waals surface area contributed by atoms with Crippen LogP contribution in [0.1, 0.15) is 0 Å². The number of fused-ring (bicyclic) bond motifs is 1. The summed E-state index contributed by atoms with van der Waals surface area (Å²) < 4.78 is 9.29. The summed E-state index contributed by atoms with van der Waals surface area (Å²) >= 11 is 0. The molecule has 0 saturated carbocycles. The van der Waals surface area contributed by atoms with Crippen LogP contribution in [0.25, 0.3) is 11.0 Å². The average molecular weight is 314 g/mol. The molecule has 1 aliphatic heterocycles. The van der Waals surface area contributed by atoms with E-state index in [2.05, 4.69) is 20.1 Å². The number of nitrogens with zero attached hydrogens (tertiary/aromatic N) is 6. The van der Waals surface area contributed by atoms with Gasteiger partial charge in [-0.3, -0.25) is 9.36 Å². The number of pyridine rings is 1. The van der Waals surface area contributed by atoms with Crippen molar-refractivity contribution >= 4 is 16.7 Å². The van der Waals surface area contributed by atoms with Gasteiger partial charge in [0.05, 0.1) is 36.2 Å². The molecule has 4 rings (SSSR count). The Kier molecular flexibility index (Phi) is 3.19. The summed E-state index contributed by atoms with van der Waals surface area (Å²) in [5.74, 6) is 0.666. The number of aryl methyl sites for hydroxylation is 2. The number of aliphatic hydroxyl groups is 1. The molecule has 1 N–H and O–H groups in total. The number of anilines is 1. The molecule has 8 nitrogen and oxygen atoms in total. The fourth-order valence-corrected chi connectivity index (χ4v) is 3.01. The van der Waals surface area contributed by atoms with Gasteiger partial charge in [0.25, 0.3) is 0 Å². The van der Waals surface area contributed by atoms with E-state index in [0.717, 1.165) is 16.7 Å². The Morgan fingerprint density at radius 2 is 2.09 bits per heavy atom. The van der Waals surface area contributed by atoms with Crippen molar-refractivity contribution in [2.75, 3.05) is 18.0 Å². The Bertz CT molecular complexity index is 841. The van der Waals surface area contributed by atoms with Crippen molar-refractivity contribution in [3.8, 4) is 5.75 Å². The summed E-state index contributed by atoms with van der Waals surface area (Å²) in [6.45, 7) is 1.11. The number of aromatic nitrogens is 5. The highest BCUT2D eigenvalue weighted by Crippen LogP contribution is 2.29. The molecular weight excluding hydrogens is 296 g/mol. The van der Waals surface area contributed by atoms with Gasteiger partial charge >= 0.3 is 0 Å². The van der Waals surface area contributed by atoms with Crippen LogP contribution in [0.2, 0.25) is 0 Å². The molecule has 1 aliphatic rings. The summed E-state index contributed by atoms with van der Waals surface area (Å²) in [5, 5.41) is 19.7. The van der Waals surface area contributed by atoms with E-state index >= 15 is 0 Å². The van der Waals surface area contributed by atoms with E-state index in [4.69, 9.17) is 4.74 Å². The highest BCUT2D eigenvalue weighted by Gasteiger charge is 2.34. The molecule has 0 unspecified atom stereocenters. The van der Waals surface area contributed by atoms with Crippen LogP contribution in [0.4, 0.5) is 5.69 Å². The molecule has 0 spiro atoms. The molecule has 2 atom stereocenters. The van der Waals surface area contributed by atoms with Crippen molar-refractivity contribution in [3.63, 3.8) is 0 Å². The third kappa shape index (κ3) is 2.40. The number of β-amino-alcohol motifs (C(OH)–C–C–N with tert-alkyl or cyclic N) is 1. The van der Waals surface area contributed by atoms with Crippen LogP contribution >= 0.6 is 0 Å². The molecule has 0 aromatic carbocycles. The predicted molar refractivity (Wildman–Crippen MR) is 84.4 cm³/mol. The van der Waals surface area contributed by atoms with Crippen molar-refractivity contribution in [1.29, 1.82) is 0 Å². The topological polar surface area (TPSA) is 81.2 Å². The maximum absolute atomic E-state index is 10.3. The summed E-state index contributed by atoms with van der Waals surface area (Å²) in [6.07, 6.45) is 6.16. The smallest absolute Gasteiger partial charge is 0.159 e. The first-order valence-electron chi connectivity index (χ1n) is 7.47. The van der Waals surface area contributed by atoms with Crippen LogP contribution in [-0.4, -0.2) is 54.9 Å². The van der Waals surface area contributed by atoms with E-state index in [1.807, 2.05) is 20.2 Å². The molecule has 1 saturated heterocycles. The fourth-order valence-electron chi connectivity index (χ4n) is 3.01. The molecule has 120 valence electrons. The van der Waals surface area contributed by atoms with Crippen molar-refractivity contribution in [3.05, 3.63) is 30.9 Å². The van der Waals surface area contributed by atoms with E-state index < -0.39 is 6.10 Å². The molecule has 4 heterocycles. The lowest BCUT2D eigenvalue weighted by Gasteiger charge is -2.18. The Hall–Kier alpha value is -2.61. The second-order valence-electron chi connectivity index (χ2n) is 5.81. The second-order valence-corrected chi connectivity index (χ2v) is 5.81. The van der Waals surface area contributed by atoms with Crippen molar-refractivity contribution in [1.82, 2.24) is 24.5 Å². The number of hydrogen-bond donors (Lipinski definition) is 1. The molecular formula is C15H18N6O2. The minimum atomic E-state index is -0.560. The van der Waals surface area contributed by atoms with Gasteiger partial charge in [-0.2, -0.15) is 10.2 Å². The quantitative estimate of drug-likeness (QED) is 0.750. The third-order valence-electron chi connectivity index (χ3n) is 4.16. The zero-order chi connectivity index (χ0) is 16.0. The van der Waals surface area contributed by atoms with Crippen LogP contribution in [0.15, 0.2) is 30.9 Å². The Labute approximate surface area is 132 Å². The first kappa shape index (κ1) is 14.0. The normalized spacial score (nSPS) is 21.3. The Morgan fingerprint density at radius 1 is 1.22 bits per heavy atom. The number of aliphatic hydroxyl groups excluding tert-OH is 1. The largest absolute Gasteiger partial charge is 0.482 e. The van der Waals surface area contributed by atoms with E-state index in [9.17, 15) is 5.11 Å². The lowest BCUT2D eigenvalue weighted by molar-refractivity contribution is 0.0737. The zero-order valence-corrected chi connectivity index (χ0v) is 13.0. The Balaban J connectivity index is 1.58. The van der Waals surface area contributed by atoms with Gasteiger partial charge in [-0.15, -0.1) is 0 Å². The molecule has 0 radical (unpaired) electrons. The van der Waals surface area contributed by atoms with Gasteiger partial charge in [0.15, 0.2) is 11.4 Å². The first-order valence-corrected chi connectivity index (χ1v) is 7.47. The Morgan fingerprint density at radius 3 is 2.87 bits per heavy atom. The number of rotatable bonds is 3. The highest BCUT2D eigenvalue weighted by atomic mass is 16.5. The van der Waals surface area contributed by atoms with E-state index in [1.165, 1.54) is 0 Å². The van der Waals surface area contributed by atoms with Crippen LogP contribution in [-0.2, 0) is 14.1 Å². The van der Waals surface area contributed by atoms with Gasteiger partial charge in [0.1, 0.15) is 12.2 Å². The monoisotopic (exact) mass is 314 g/mol. The average Bonchev–Trinajstić information content (AvgIpc) is 3.21. The minimum Gasteiger partial charge on any atom is -0.482 e. The predicted octanol–water partition coefficient (Wildman–Crippen LogP) is 0.330. The summed E-state index contributed by atoms with van der Waals surface area (Å²) in [7, 11) is 3.70. The maximum Gasteiger partial charge on any atom is 0.159 e. The van der Waals surface area contributed by atoms with Crippen molar-refractivity contribution in [2.24, 2.45) is 14.1 Å². The summed E-state index contributed by atoms with van der Waals surface area (Å²) in [4.78, 5) is 6.46. The van der Waals surface area contributed by atoms with Crippen molar-refractivity contribution < 1.29 is 9.84 Å². The lowest BCUT2D eigenvalue weighted by Crippen LogP contribution is -2.29. The zero-order valence-electron chi connectivity index (χ0n) is 13.0. The first-order chi connectivity index (χ1) is 11.1. The SMILES string of the molecule is Cn1cc(O[C@@H]2CN(c3ccnc4c3cnn4C)C[C@H]2O)cn1. The van der Waals surface area contributed by atoms with Crippen LogP contribution in [0.3, 0.4) is 0 Å². The second kappa shape index (κ2) is 5.24. The van der Waals surface area contributed by atoms with Gasteiger partial charge in [-0.25, -0.2) is 4.98 Å². The fraction of sp³-hybridized carbons (Fsp3) is 0.400. The van der Waals surface area contributed by atoms with E-state index in [0.29, 0.717) is 18.8 Å².